The minimum absolute atomic E-state index is 0.00867. The molecule has 0 unspecified atom stereocenters. The Morgan fingerprint density at radius 1 is 0.837 bits per heavy atom. The van der Waals surface area contributed by atoms with Gasteiger partial charge in [-0.1, -0.05) is 6.58 Å². The number of aliphatic imine (C=N–C) groups is 1. The third-order valence-electron chi connectivity index (χ3n) is 5.61. The van der Waals surface area contributed by atoms with E-state index >= 15 is 0 Å². The van der Waals surface area contributed by atoms with Crippen molar-refractivity contribution in [3.63, 3.8) is 0 Å². The quantitative estimate of drug-likeness (QED) is 0.129. The fourth-order valence-electron chi connectivity index (χ4n) is 3.85. The van der Waals surface area contributed by atoms with Gasteiger partial charge in [0.1, 0.15) is 22.6 Å². The highest BCUT2D eigenvalue weighted by Gasteiger charge is 2.19. The third-order valence-corrected chi connectivity index (χ3v) is 5.61. The second-order valence-corrected chi connectivity index (χ2v) is 10.2. The number of amides is 3. The van der Waals surface area contributed by atoms with E-state index < -0.39 is 29.5 Å². The number of ether oxygens (including phenoxy) is 2. The van der Waals surface area contributed by atoms with Crippen LogP contribution >= 0.6 is 0 Å². The van der Waals surface area contributed by atoms with E-state index in [1.165, 1.54) is 13.1 Å². The fourth-order valence-corrected chi connectivity index (χ4v) is 3.85. The predicted octanol–water partition coefficient (Wildman–Crippen LogP) is 5.16. The number of furan rings is 2. The number of nitrogens with zero attached hydrogens (tertiary/aromatic N) is 1. The number of anilines is 2. The van der Waals surface area contributed by atoms with Crippen molar-refractivity contribution in [2.24, 2.45) is 4.99 Å². The first-order valence-electron chi connectivity index (χ1n) is 13.1. The fraction of sp³-hybridized carbons (Fsp3) is 0.233. The SMILES string of the molecule is C=C(NC(=O)c1cc2cc(NC(=O)c3cc4cc(NC(=O)OC(C)(C)C)ccc4o3)ccc2o1)NC(=NC)C(=O)OCC. The molecule has 0 saturated carbocycles. The van der Waals surface area contributed by atoms with Gasteiger partial charge in [-0.05, 0) is 76.2 Å². The smallest absolute Gasteiger partial charge is 0.412 e. The second kappa shape index (κ2) is 12.5. The van der Waals surface area contributed by atoms with Crippen molar-refractivity contribution in [3.8, 4) is 0 Å². The Hall–Kier alpha value is -5.59. The molecule has 2 aromatic heterocycles. The number of nitrogens with one attached hydrogen (secondary N) is 4. The minimum Gasteiger partial charge on any atom is -0.460 e. The van der Waals surface area contributed by atoms with Crippen LogP contribution < -0.4 is 21.3 Å². The molecule has 0 atom stereocenters. The molecule has 2 aromatic carbocycles. The van der Waals surface area contributed by atoms with E-state index in [0.29, 0.717) is 33.3 Å². The summed E-state index contributed by atoms with van der Waals surface area (Å²) < 4.78 is 21.5. The van der Waals surface area contributed by atoms with E-state index in [4.69, 9.17) is 18.3 Å². The molecule has 13 nitrogen and oxygen atoms in total. The minimum atomic E-state index is -0.693. The van der Waals surface area contributed by atoms with E-state index in [9.17, 15) is 19.2 Å². The number of hydrogen-bond acceptors (Lipinski definition) is 9. The van der Waals surface area contributed by atoms with Gasteiger partial charge in [-0.15, -0.1) is 0 Å². The first-order valence-corrected chi connectivity index (χ1v) is 13.1. The summed E-state index contributed by atoms with van der Waals surface area (Å²) in [5, 5.41) is 11.6. The summed E-state index contributed by atoms with van der Waals surface area (Å²) in [4.78, 5) is 53.4. The summed E-state index contributed by atoms with van der Waals surface area (Å²) in [6, 6.07) is 12.8. The molecule has 4 N–H and O–H groups in total. The van der Waals surface area contributed by atoms with Gasteiger partial charge in [-0.2, -0.15) is 0 Å². The molecule has 0 aliphatic rings. The molecular weight excluding hydrogens is 558 g/mol. The van der Waals surface area contributed by atoms with Gasteiger partial charge in [-0.3, -0.25) is 19.9 Å². The number of hydrogen-bond donors (Lipinski definition) is 4. The van der Waals surface area contributed by atoms with Crippen LogP contribution in [0.25, 0.3) is 21.9 Å². The lowest BCUT2D eigenvalue weighted by Crippen LogP contribution is -2.38. The summed E-state index contributed by atoms with van der Waals surface area (Å²) in [6.07, 6.45) is -0.598. The Bertz CT molecular complexity index is 1760. The third kappa shape index (κ3) is 7.79. The largest absolute Gasteiger partial charge is 0.460 e. The molecule has 4 aromatic rings. The number of carbonyl (C=O) groups excluding carboxylic acids is 4. The molecule has 0 aliphatic carbocycles. The topological polar surface area (TPSA) is 173 Å². The van der Waals surface area contributed by atoms with Crippen LogP contribution in [0.2, 0.25) is 0 Å². The molecule has 0 saturated heterocycles. The van der Waals surface area contributed by atoms with Crippen LogP contribution in [-0.2, 0) is 14.3 Å². The average Bonchev–Trinajstić information content (AvgIpc) is 3.54. The molecule has 4 rings (SSSR count). The zero-order valence-corrected chi connectivity index (χ0v) is 24.2. The van der Waals surface area contributed by atoms with Crippen LogP contribution in [0.3, 0.4) is 0 Å². The molecule has 0 aliphatic heterocycles. The summed E-state index contributed by atoms with van der Waals surface area (Å²) in [5.41, 5.74) is 1.13. The Kier molecular flexibility index (Phi) is 8.84. The summed E-state index contributed by atoms with van der Waals surface area (Å²) in [6.45, 7) is 10.8. The van der Waals surface area contributed by atoms with Gasteiger partial charge in [0.2, 0.25) is 5.84 Å². The monoisotopic (exact) mass is 589 g/mol. The first kappa shape index (κ1) is 30.4. The highest BCUT2D eigenvalue weighted by molar-refractivity contribution is 6.35. The molecule has 0 spiro atoms. The number of rotatable bonds is 7. The molecule has 0 bridgehead atoms. The lowest BCUT2D eigenvalue weighted by atomic mass is 10.2. The summed E-state index contributed by atoms with van der Waals surface area (Å²) >= 11 is 0. The van der Waals surface area contributed by atoms with Crippen LogP contribution in [-0.4, -0.2) is 49.0 Å². The second-order valence-electron chi connectivity index (χ2n) is 10.2. The van der Waals surface area contributed by atoms with E-state index in [0.717, 1.165) is 0 Å². The van der Waals surface area contributed by atoms with Crippen molar-refractivity contribution < 1.29 is 37.5 Å². The lowest BCUT2D eigenvalue weighted by molar-refractivity contribution is -0.135. The summed E-state index contributed by atoms with van der Waals surface area (Å²) in [7, 11) is 1.39. The number of fused-ring (bicyclic) bond motifs is 2. The van der Waals surface area contributed by atoms with Crippen molar-refractivity contribution >= 4 is 63.0 Å². The Labute approximate surface area is 246 Å². The van der Waals surface area contributed by atoms with Gasteiger partial charge in [0.15, 0.2) is 11.5 Å². The Balaban J connectivity index is 1.41. The highest BCUT2D eigenvalue weighted by atomic mass is 16.6. The van der Waals surface area contributed by atoms with Gasteiger partial charge < -0.3 is 34.3 Å². The van der Waals surface area contributed by atoms with Gasteiger partial charge in [0.25, 0.3) is 11.8 Å². The maximum atomic E-state index is 12.9. The van der Waals surface area contributed by atoms with Gasteiger partial charge in [-0.25, -0.2) is 9.59 Å². The van der Waals surface area contributed by atoms with Crippen molar-refractivity contribution in [2.45, 2.75) is 33.3 Å². The van der Waals surface area contributed by atoms with E-state index in [1.807, 2.05) is 0 Å². The van der Waals surface area contributed by atoms with Crippen molar-refractivity contribution in [1.82, 2.24) is 10.6 Å². The molecule has 224 valence electrons. The lowest BCUT2D eigenvalue weighted by Gasteiger charge is -2.19. The van der Waals surface area contributed by atoms with Crippen LogP contribution in [0, 0.1) is 0 Å². The molecule has 3 amide bonds. The molecule has 0 radical (unpaired) electrons. The number of benzene rings is 2. The average molecular weight is 590 g/mol. The van der Waals surface area contributed by atoms with Crippen molar-refractivity contribution in [3.05, 3.63) is 72.5 Å². The first-order chi connectivity index (χ1) is 20.3. The van der Waals surface area contributed by atoms with Gasteiger partial charge in [0.05, 0.1) is 6.61 Å². The molecule has 2 heterocycles. The zero-order chi connectivity index (χ0) is 31.3. The van der Waals surface area contributed by atoms with Crippen molar-refractivity contribution in [1.29, 1.82) is 0 Å². The molecule has 13 heteroatoms. The van der Waals surface area contributed by atoms with E-state index in [2.05, 4.69) is 32.8 Å². The van der Waals surface area contributed by atoms with Crippen molar-refractivity contribution in [2.75, 3.05) is 24.3 Å². The van der Waals surface area contributed by atoms with Crippen LogP contribution in [0.4, 0.5) is 16.2 Å². The van der Waals surface area contributed by atoms with E-state index in [1.54, 1.807) is 70.2 Å². The van der Waals surface area contributed by atoms with E-state index in [-0.39, 0.29) is 29.8 Å². The normalized spacial score (nSPS) is 11.6. The molecule has 43 heavy (non-hydrogen) atoms. The van der Waals surface area contributed by atoms with Gasteiger partial charge >= 0.3 is 12.1 Å². The maximum absolute atomic E-state index is 12.9. The number of amidine groups is 1. The predicted molar refractivity (Wildman–Crippen MR) is 160 cm³/mol. The zero-order valence-electron chi connectivity index (χ0n) is 24.2. The highest BCUT2D eigenvalue weighted by Crippen LogP contribution is 2.26. The van der Waals surface area contributed by atoms with Crippen LogP contribution in [0.15, 0.2) is 74.8 Å². The molecule has 0 fully saturated rings. The summed E-state index contributed by atoms with van der Waals surface area (Å²) in [5.74, 6) is -1.93. The van der Waals surface area contributed by atoms with Crippen LogP contribution in [0.1, 0.15) is 48.8 Å². The molecular formula is C30H31N5O8. The standard InChI is InChI=1S/C30H31N5O8/c1-7-40-28(38)25(31-6)32-16(2)33-26(36)23-14-17-12-19(8-10-21(17)41-23)34-27(37)24-15-18-13-20(9-11-22(18)42-24)35-29(39)43-30(3,4)5/h8-15H,2,7H2,1,3-6H3,(H,31,32)(H,33,36)(H,34,37)(H,35,39). The Morgan fingerprint density at radius 3 is 1.93 bits per heavy atom. The number of carbonyl (C=O) groups is 4. The maximum Gasteiger partial charge on any atom is 0.412 e. The Morgan fingerprint density at radius 2 is 1.40 bits per heavy atom. The van der Waals surface area contributed by atoms with Gasteiger partial charge in [0, 0.05) is 29.2 Å². The van der Waals surface area contributed by atoms with Crippen LogP contribution in [0.5, 0.6) is 0 Å². The number of esters is 1.